The van der Waals surface area contributed by atoms with E-state index in [1.54, 1.807) is 19.6 Å². The summed E-state index contributed by atoms with van der Waals surface area (Å²) in [5.74, 6) is 0. The molecular formula is C5H6N4O. The average Bonchev–Trinajstić information content (AvgIpc) is 2.44. The molecule has 0 aromatic carbocycles. The summed E-state index contributed by atoms with van der Waals surface area (Å²) in [6.45, 7) is 0. The highest BCUT2D eigenvalue weighted by atomic mass is 16.6. The third-order valence-electron chi connectivity index (χ3n) is 1.29. The van der Waals surface area contributed by atoms with E-state index in [9.17, 15) is 0 Å². The summed E-state index contributed by atoms with van der Waals surface area (Å²) in [5, 5.41) is 7.79. The van der Waals surface area contributed by atoms with E-state index in [0.29, 0.717) is 0 Å². The highest BCUT2D eigenvalue weighted by Crippen LogP contribution is 1.96. The molecule has 0 saturated carbocycles. The van der Waals surface area contributed by atoms with Crippen LogP contribution < -0.4 is 4.84 Å². The second kappa shape index (κ2) is 1.73. The van der Waals surface area contributed by atoms with E-state index in [1.807, 2.05) is 6.07 Å². The quantitative estimate of drug-likeness (QED) is 0.538. The van der Waals surface area contributed by atoms with Crippen LogP contribution in [-0.2, 0) is 0 Å². The van der Waals surface area contributed by atoms with Crippen LogP contribution in [0.3, 0.4) is 0 Å². The van der Waals surface area contributed by atoms with Crippen LogP contribution in [0.1, 0.15) is 0 Å². The molecule has 0 saturated heterocycles. The minimum Gasteiger partial charge on any atom is -0.414 e. The van der Waals surface area contributed by atoms with Gasteiger partial charge in [0.25, 0.3) is 0 Å². The Labute approximate surface area is 56.8 Å². The maximum Gasteiger partial charge on any atom is 0.193 e. The number of fused-ring (bicyclic) bond motifs is 1. The number of aromatic nitrogens is 4. The molecule has 2 aromatic heterocycles. The highest BCUT2D eigenvalue weighted by Gasteiger charge is 1.99. The Kier molecular flexibility index (Phi) is 0.913. The Morgan fingerprint density at radius 3 is 3.20 bits per heavy atom. The number of rotatable bonds is 1. The first-order valence-corrected chi connectivity index (χ1v) is 2.83. The molecular weight excluding hydrogens is 132 g/mol. The molecule has 5 nitrogen and oxygen atoms in total. The first kappa shape index (κ1) is 5.28. The Morgan fingerprint density at radius 1 is 1.50 bits per heavy atom. The maximum absolute atomic E-state index is 4.92. The van der Waals surface area contributed by atoms with Crippen molar-refractivity contribution in [2.75, 3.05) is 7.11 Å². The average molecular weight is 138 g/mol. The van der Waals surface area contributed by atoms with Gasteiger partial charge >= 0.3 is 0 Å². The lowest BCUT2D eigenvalue weighted by Gasteiger charge is -1.94. The molecule has 0 radical (unpaired) electrons. The Balaban J connectivity index is 2.76. The molecule has 0 aliphatic heterocycles. The van der Waals surface area contributed by atoms with Crippen molar-refractivity contribution in [1.29, 1.82) is 0 Å². The van der Waals surface area contributed by atoms with Crippen molar-refractivity contribution in [3.8, 4) is 0 Å². The van der Waals surface area contributed by atoms with Crippen molar-refractivity contribution in [2.24, 2.45) is 0 Å². The normalized spacial score (nSPS) is 10.5. The van der Waals surface area contributed by atoms with Crippen LogP contribution in [0.5, 0.6) is 0 Å². The topological polar surface area (TPSA) is 44.4 Å². The van der Waals surface area contributed by atoms with Crippen LogP contribution in [-0.4, -0.2) is 26.7 Å². The molecule has 2 rings (SSSR count). The van der Waals surface area contributed by atoms with E-state index in [0.717, 1.165) is 5.65 Å². The predicted molar refractivity (Wildman–Crippen MR) is 33.5 cm³/mol. The Bertz CT molecular complexity index is 336. The lowest BCUT2D eigenvalue weighted by Crippen LogP contribution is -2.02. The van der Waals surface area contributed by atoms with Gasteiger partial charge < -0.3 is 4.84 Å². The standard InChI is InChI=1S/C5H6N4O/c1-10-8-4-7-9-5(8)2-3-6-9/h2-4H,1H3. The van der Waals surface area contributed by atoms with Gasteiger partial charge in [-0.15, -0.1) is 9.73 Å². The van der Waals surface area contributed by atoms with E-state index < -0.39 is 0 Å². The number of nitrogens with zero attached hydrogens (tertiary/aromatic N) is 4. The van der Waals surface area contributed by atoms with Crippen LogP contribution >= 0.6 is 0 Å². The van der Waals surface area contributed by atoms with Crippen molar-refractivity contribution < 1.29 is 4.84 Å². The summed E-state index contributed by atoms with van der Waals surface area (Å²) in [7, 11) is 1.58. The zero-order valence-corrected chi connectivity index (χ0v) is 5.43. The Morgan fingerprint density at radius 2 is 2.40 bits per heavy atom. The molecule has 0 aliphatic carbocycles. The summed E-state index contributed by atoms with van der Waals surface area (Å²) >= 11 is 0. The fraction of sp³-hybridized carbons (Fsp3) is 0.200. The second-order valence-corrected chi connectivity index (χ2v) is 1.82. The van der Waals surface area contributed by atoms with Crippen LogP contribution in [0.25, 0.3) is 5.65 Å². The summed E-state index contributed by atoms with van der Waals surface area (Å²) in [6, 6.07) is 1.82. The van der Waals surface area contributed by atoms with E-state index in [4.69, 9.17) is 4.84 Å². The smallest absolute Gasteiger partial charge is 0.193 e. The summed E-state index contributed by atoms with van der Waals surface area (Å²) in [5.41, 5.74) is 0.822. The van der Waals surface area contributed by atoms with Crippen molar-refractivity contribution in [3.05, 3.63) is 18.6 Å². The molecule has 10 heavy (non-hydrogen) atoms. The third kappa shape index (κ3) is 0.513. The van der Waals surface area contributed by atoms with Gasteiger partial charge in [0, 0.05) is 6.07 Å². The van der Waals surface area contributed by atoms with Gasteiger partial charge in [-0.2, -0.15) is 9.83 Å². The molecule has 0 fully saturated rings. The largest absolute Gasteiger partial charge is 0.414 e. The first-order chi connectivity index (χ1) is 4.92. The summed E-state index contributed by atoms with van der Waals surface area (Å²) < 4.78 is 3.02. The van der Waals surface area contributed by atoms with Gasteiger partial charge in [0.1, 0.15) is 7.11 Å². The number of hydrogen-bond acceptors (Lipinski definition) is 3. The molecule has 5 heteroatoms. The van der Waals surface area contributed by atoms with Crippen LogP contribution in [0.4, 0.5) is 0 Å². The highest BCUT2D eigenvalue weighted by molar-refractivity contribution is 5.34. The van der Waals surface area contributed by atoms with Crippen LogP contribution in [0.2, 0.25) is 0 Å². The van der Waals surface area contributed by atoms with Gasteiger partial charge in [-0.05, 0) is 0 Å². The van der Waals surface area contributed by atoms with Gasteiger partial charge in [0.2, 0.25) is 0 Å². The maximum atomic E-state index is 4.92. The minimum absolute atomic E-state index is 0.822. The van der Waals surface area contributed by atoms with Crippen molar-refractivity contribution in [2.45, 2.75) is 0 Å². The molecule has 0 atom stereocenters. The second-order valence-electron chi connectivity index (χ2n) is 1.82. The first-order valence-electron chi connectivity index (χ1n) is 2.83. The molecule has 0 aliphatic rings. The van der Waals surface area contributed by atoms with Crippen molar-refractivity contribution in [3.63, 3.8) is 0 Å². The van der Waals surface area contributed by atoms with E-state index in [1.165, 1.54) is 9.36 Å². The van der Waals surface area contributed by atoms with Gasteiger partial charge in [0.15, 0.2) is 12.0 Å². The lowest BCUT2D eigenvalue weighted by atomic mass is 10.7. The van der Waals surface area contributed by atoms with Crippen LogP contribution in [0.15, 0.2) is 18.6 Å². The predicted octanol–water partition coefficient (Wildman–Crippen LogP) is -0.411. The molecule has 0 amide bonds. The van der Waals surface area contributed by atoms with Crippen LogP contribution in [0, 0.1) is 0 Å². The Hall–Kier alpha value is -1.52. The van der Waals surface area contributed by atoms with E-state index in [2.05, 4.69) is 10.2 Å². The molecule has 0 spiro atoms. The third-order valence-corrected chi connectivity index (χ3v) is 1.29. The monoisotopic (exact) mass is 138 g/mol. The van der Waals surface area contributed by atoms with Gasteiger partial charge in [-0.3, -0.25) is 0 Å². The zero-order valence-electron chi connectivity index (χ0n) is 5.43. The van der Waals surface area contributed by atoms with Crippen molar-refractivity contribution in [1.82, 2.24) is 19.6 Å². The SMILES string of the molecule is COn1cnn2nccc12. The molecule has 0 unspecified atom stereocenters. The van der Waals surface area contributed by atoms with Gasteiger partial charge in [-0.25, -0.2) is 0 Å². The van der Waals surface area contributed by atoms with E-state index in [-0.39, 0.29) is 0 Å². The number of hydrogen-bond donors (Lipinski definition) is 0. The lowest BCUT2D eigenvalue weighted by molar-refractivity contribution is 0.177. The van der Waals surface area contributed by atoms with E-state index >= 15 is 0 Å². The van der Waals surface area contributed by atoms with Crippen molar-refractivity contribution >= 4 is 5.65 Å². The fourth-order valence-electron chi connectivity index (χ4n) is 0.835. The summed E-state index contributed by atoms with van der Waals surface area (Å²) in [4.78, 5) is 4.92. The molecule has 0 N–H and O–H groups in total. The molecule has 2 heterocycles. The fourth-order valence-corrected chi connectivity index (χ4v) is 0.835. The molecule has 0 bridgehead atoms. The molecule has 2 aromatic rings. The zero-order chi connectivity index (χ0) is 6.97. The van der Waals surface area contributed by atoms with Gasteiger partial charge in [-0.1, -0.05) is 0 Å². The van der Waals surface area contributed by atoms with Gasteiger partial charge in [0.05, 0.1) is 6.20 Å². The molecule has 52 valence electrons. The summed E-state index contributed by atoms with van der Waals surface area (Å²) in [6.07, 6.45) is 3.22. The minimum atomic E-state index is 0.822.